The number of benzene rings is 1. The van der Waals surface area contributed by atoms with Crippen LogP contribution in [0.25, 0.3) is 0 Å². The lowest BCUT2D eigenvalue weighted by atomic mass is 10.0. The molecule has 0 aliphatic carbocycles. The molecule has 1 rings (SSSR count). The number of esters is 1. The van der Waals surface area contributed by atoms with Crippen LogP contribution in [-0.2, 0) is 25.8 Å². The number of carbonyl (C=O) groups excluding carboxylic acids is 1. The average molecular weight is 372 g/mol. The topological polar surface area (TPSA) is 89.9 Å². The van der Waals surface area contributed by atoms with Crippen LogP contribution >= 0.6 is 0 Å². The third kappa shape index (κ3) is 10.9. The van der Waals surface area contributed by atoms with Gasteiger partial charge >= 0.3 is 16.4 Å². The van der Waals surface area contributed by atoms with Gasteiger partial charge in [0, 0.05) is 0 Å². The van der Waals surface area contributed by atoms with E-state index in [1.54, 1.807) is 12.1 Å². The summed E-state index contributed by atoms with van der Waals surface area (Å²) in [6.07, 6.45) is 9.06. The Morgan fingerprint density at radius 2 is 1.68 bits per heavy atom. The molecule has 0 fully saturated rings. The van der Waals surface area contributed by atoms with Gasteiger partial charge < -0.3 is 4.74 Å². The Labute approximate surface area is 150 Å². The number of hydrogen-bond acceptors (Lipinski definition) is 5. The van der Waals surface area contributed by atoms with Crippen LogP contribution < -0.4 is 4.74 Å². The fraction of sp³-hybridized carbons (Fsp3) is 0.611. The summed E-state index contributed by atoms with van der Waals surface area (Å²) in [6, 6.07) is 7.33. The van der Waals surface area contributed by atoms with Gasteiger partial charge in [-0.15, -0.1) is 0 Å². The zero-order chi connectivity index (χ0) is 18.5. The number of para-hydroxylation sites is 1. The van der Waals surface area contributed by atoms with E-state index in [1.165, 1.54) is 32.1 Å². The molecule has 0 radical (unpaired) electrons. The molecule has 0 bridgehead atoms. The molecule has 0 spiro atoms. The number of hydrogen-bond donors (Lipinski definition) is 1. The highest BCUT2D eigenvalue weighted by Gasteiger charge is 2.11. The molecule has 25 heavy (non-hydrogen) atoms. The molecular formula is C18H28O6S. The summed E-state index contributed by atoms with van der Waals surface area (Å²) in [5.74, 6) is -0.110. The van der Waals surface area contributed by atoms with Crippen molar-refractivity contribution in [1.82, 2.24) is 0 Å². The van der Waals surface area contributed by atoms with Crippen LogP contribution in [-0.4, -0.2) is 25.5 Å². The molecule has 6 nitrogen and oxygen atoms in total. The van der Waals surface area contributed by atoms with Crippen molar-refractivity contribution in [3.63, 3.8) is 0 Å². The monoisotopic (exact) mass is 372 g/mol. The van der Waals surface area contributed by atoms with Crippen LogP contribution in [0.4, 0.5) is 0 Å². The highest BCUT2D eigenvalue weighted by Crippen LogP contribution is 2.21. The molecule has 0 unspecified atom stereocenters. The molecule has 0 saturated carbocycles. The lowest BCUT2D eigenvalue weighted by Crippen LogP contribution is -2.14. The molecule has 0 saturated heterocycles. The molecule has 0 aliphatic rings. The lowest BCUT2D eigenvalue weighted by Gasteiger charge is -2.10. The highest BCUT2D eigenvalue weighted by atomic mass is 32.3. The van der Waals surface area contributed by atoms with Gasteiger partial charge in [-0.3, -0.25) is 9.35 Å². The van der Waals surface area contributed by atoms with E-state index in [0.717, 1.165) is 24.8 Å². The van der Waals surface area contributed by atoms with E-state index in [0.29, 0.717) is 5.75 Å². The van der Waals surface area contributed by atoms with Crippen molar-refractivity contribution in [2.45, 2.75) is 64.7 Å². The highest BCUT2D eigenvalue weighted by molar-refractivity contribution is 7.80. The second-order valence-electron chi connectivity index (χ2n) is 5.95. The predicted octanol–water partition coefficient (Wildman–Crippen LogP) is 4.09. The quantitative estimate of drug-likeness (QED) is 0.243. The largest absolute Gasteiger partial charge is 0.426 e. The molecule has 0 atom stereocenters. The maximum absolute atomic E-state index is 11.7. The van der Waals surface area contributed by atoms with Crippen molar-refractivity contribution in [2.24, 2.45) is 0 Å². The first-order chi connectivity index (χ1) is 11.9. The Morgan fingerprint density at radius 1 is 1.04 bits per heavy atom. The fourth-order valence-electron chi connectivity index (χ4n) is 2.49. The second kappa shape index (κ2) is 12.0. The van der Waals surface area contributed by atoms with Gasteiger partial charge in [0.2, 0.25) is 0 Å². The van der Waals surface area contributed by atoms with Crippen LogP contribution in [0.5, 0.6) is 5.75 Å². The zero-order valence-electron chi connectivity index (χ0n) is 14.8. The Morgan fingerprint density at radius 3 is 2.36 bits per heavy atom. The van der Waals surface area contributed by atoms with E-state index in [-0.39, 0.29) is 6.42 Å². The summed E-state index contributed by atoms with van der Waals surface area (Å²) in [5.41, 5.74) is 0.958. The lowest BCUT2D eigenvalue weighted by molar-refractivity contribution is -0.134. The summed E-state index contributed by atoms with van der Waals surface area (Å²) in [7, 11) is -4.53. The van der Waals surface area contributed by atoms with Gasteiger partial charge in [-0.2, -0.15) is 8.42 Å². The van der Waals surface area contributed by atoms with Crippen LogP contribution in [0.1, 0.15) is 63.9 Å². The first-order valence-corrected chi connectivity index (χ1v) is 10.2. The summed E-state index contributed by atoms with van der Waals surface area (Å²) in [5, 5.41) is 0. The Kier molecular flexibility index (Phi) is 10.4. The second-order valence-corrected chi connectivity index (χ2v) is 7.04. The third-order valence-electron chi connectivity index (χ3n) is 3.78. The Balaban J connectivity index is 2.36. The maximum Gasteiger partial charge on any atom is 0.397 e. The molecule has 0 heterocycles. The van der Waals surface area contributed by atoms with E-state index >= 15 is 0 Å². The molecule has 1 aromatic carbocycles. The van der Waals surface area contributed by atoms with Gasteiger partial charge in [-0.1, -0.05) is 63.6 Å². The number of aryl methyl sites for hydroxylation is 1. The zero-order valence-corrected chi connectivity index (χ0v) is 15.6. The molecule has 142 valence electrons. The van der Waals surface area contributed by atoms with Gasteiger partial charge in [0.15, 0.2) is 0 Å². The standard InChI is InChI=1S/C18H28O6S/c1-2-3-4-5-6-7-8-11-16-12-9-10-13-17(16)24-18(19)14-15-23-25(20,21)22/h9-10,12-13H,2-8,11,14-15H2,1H3,(H,20,21,22). The first-order valence-electron chi connectivity index (χ1n) is 8.83. The van der Waals surface area contributed by atoms with E-state index < -0.39 is 23.0 Å². The van der Waals surface area contributed by atoms with Gasteiger partial charge in [0.05, 0.1) is 13.0 Å². The maximum atomic E-state index is 11.7. The van der Waals surface area contributed by atoms with Crippen molar-refractivity contribution in [2.75, 3.05) is 6.61 Å². The number of carbonyl (C=O) groups is 1. The van der Waals surface area contributed by atoms with Gasteiger partial charge in [-0.25, -0.2) is 4.18 Å². The predicted molar refractivity (Wildman–Crippen MR) is 95.9 cm³/mol. The van der Waals surface area contributed by atoms with Crippen LogP contribution in [0.2, 0.25) is 0 Å². The minimum absolute atomic E-state index is 0.258. The molecule has 1 N–H and O–H groups in total. The summed E-state index contributed by atoms with van der Waals surface area (Å²) in [6.45, 7) is 1.75. The molecule has 1 aromatic rings. The minimum atomic E-state index is -4.53. The summed E-state index contributed by atoms with van der Waals surface area (Å²) >= 11 is 0. The molecule has 0 aromatic heterocycles. The smallest absolute Gasteiger partial charge is 0.397 e. The van der Waals surface area contributed by atoms with Crippen molar-refractivity contribution in [3.8, 4) is 5.75 Å². The average Bonchev–Trinajstić information content (AvgIpc) is 2.54. The van der Waals surface area contributed by atoms with Crippen molar-refractivity contribution >= 4 is 16.4 Å². The van der Waals surface area contributed by atoms with Gasteiger partial charge in [-0.05, 0) is 24.5 Å². The van der Waals surface area contributed by atoms with Crippen molar-refractivity contribution < 1.29 is 26.7 Å². The van der Waals surface area contributed by atoms with Gasteiger partial charge in [0.25, 0.3) is 0 Å². The number of ether oxygens (including phenoxy) is 1. The SMILES string of the molecule is CCCCCCCCCc1ccccc1OC(=O)CCOS(=O)(=O)O. The van der Waals surface area contributed by atoms with Crippen LogP contribution in [0.3, 0.4) is 0 Å². The molecule has 0 amide bonds. The molecule has 7 heteroatoms. The third-order valence-corrected chi connectivity index (χ3v) is 4.25. The fourth-order valence-corrected chi connectivity index (χ4v) is 2.78. The minimum Gasteiger partial charge on any atom is -0.426 e. The summed E-state index contributed by atoms with van der Waals surface area (Å²) < 4.78 is 38.7. The molecule has 0 aliphatic heterocycles. The number of rotatable bonds is 13. The Hall–Kier alpha value is -1.44. The van der Waals surface area contributed by atoms with Crippen LogP contribution in [0, 0.1) is 0 Å². The van der Waals surface area contributed by atoms with Crippen molar-refractivity contribution in [1.29, 1.82) is 0 Å². The van der Waals surface area contributed by atoms with E-state index in [2.05, 4.69) is 11.1 Å². The van der Waals surface area contributed by atoms with E-state index in [4.69, 9.17) is 9.29 Å². The molecular weight excluding hydrogens is 344 g/mol. The van der Waals surface area contributed by atoms with Crippen molar-refractivity contribution in [3.05, 3.63) is 29.8 Å². The normalized spacial score (nSPS) is 11.4. The number of unbranched alkanes of at least 4 members (excludes halogenated alkanes) is 6. The van der Waals surface area contributed by atoms with Crippen LogP contribution in [0.15, 0.2) is 24.3 Å². The van der Waals surface area contributed by atoms with E-state index in [1.807, 2.05) is 12.1 Å². The summed E-state index contributed by atoms with van der Waals surface area (Å²) in [4.78, 5) is 11.7. The van der Waals surface area contributed by atoms with E-state index in [9.17, 15) is 13.2 Å². The van der Waals surface area contributed by atoms with Gasteiger partial charge in [0.1, 0.15) is 5.75 Å². The Bertz CT molecular complexity index is 612. The first kappa shape index (κ1) is 21.6.